The van der Waals surface area contributed by atoms with Crippen molar-refractivity contribution < 1.29 is 0 Å². The van der Waals surface area contributed by atoms with Crippen molar-refractivity contribution >= 4 is 0 Å². The monoisotopic (exact) mass is 245 g/mol. The number of rotatable bonds is 2. The van der Waals surface area contributed by atoms with Crippen LogP contribution < -0.4 is 0 Å². The highest BCUT2D eigenvalue weighted by Crippen LogP contribution is 2.25. The molecule has 0 fully saturated rings. The van der Waals surface area contributed by atoms with Crippen molar-refractivity contribution in [1.29, 1.82) is 0 Å². The van der Waals surface area contributed by atoms with Crippen LogP contribution in [0.4, 0.5) is 0 Å². The van der Waals surface area contributed by atoms with Crippen LogP contribution in [0.5, 0.6) is 0 Å². The Morgan fingerprint density at radius 1 is 0.632 bits per heavy atom. The number of hydrogen-bond acceptors (Lipinski definition) is 1. The lowest BCUT2D eigenvalue weighted by atomic mass is 10.0. The van der Waals surface area contributed by atoms with E-state index in [4.69, 9.17) is 0 Å². The lowest BCUT2D eigenvalue weighted by Gasteiger charge is -2.06. The fraction of sp³-hybridized carbons (Fsp3) is 0.0556. The summed E-state index contributed by atoms with van der Waals surface area (Å²) in [6.45, 7) is 2.02. The molecule has 1 aromatic heterocycles. The number of aryl methyl sites for hydroxylation is 1. The van der Waals surface area contributed by atoms with Crippen molar-refractivity contribution in [1.82, 2.24) is 4.98 Å². The van der Waals surface area contributed by atoms with Gasteiger partial charge in [-0.2, -0.15) is 0 Å². The smallest absolute Gasteiger partial charge is 0.0705 e. The third-order valence-electron chi connectivity index (χ3n) is 3.15. The van der Waals surface area contributed by atoms with Crippen LogP contribution in [0.15, 0.2) is 72.8 Å². The molecule has 0 aliphatic rings. The Morgan fingerprint density at radius 3 is 2.11 bits per heavy atom. The van der Waals surface area contributed by atoms with Crippen LogP contribution in [0.1, 0.15) is 5.69 Å². The molecule has 3 rings (SSSR count). The topological polar surface area (TPSA) is 12.9 Å². The van der Waals surface area contributed by atoms with Crippen molar-refractivity contribution in [2.24, 2.45) is 0 Å². The summed E-state index contributed by atoms with van der Waals surface area (Å²) in [5.74, 6) is 0. The lowest BCUT2D eigenvalue weighted by Crippen LogP contribution is -1.86. The van der Waals surface area contributed by atoms with Crippen LogP contribution in [0, 0.1) is 6.92 Å². The molecule has 19 heavy (non-hydrogen) atoms. The highest BCUT2D eigenvalue weighted by Gasteiger charge is 2.02. The summed E-state index contributed by atoms with van der Waals surface area (Å²) in [4.78, 5) is 4.58. The molecular weight excluding hydrogens is 230 g/mol. The Bertz CT molecular complexity index is 687. The molecule has 0 bridgehead atoms. The molecule has 0 unspecified atom stereocenters. The van der Waals surface area contributed by atoms with E-state index in [0.29, 0.717) is 0 Å². The number of pyridine rings is 1. The van der Waals surface area contributed by atoms with Crippen molar-refractivity contribution in [3.8, 4) is 22.4 Å². The largest absolute Gasteiger partial charge is 0.253 e. The summed E-state index contributed by atoms with van der Waals surface area (Å²) in [5, 5.41) is 0. The zero-order valence-corrected chi connectivity index (χ0v) is 10.9. The molecule has 1 nitrogen and oxygen atoms in total. The fourth-order valence-electron chi connectivity index (χ4n) is 2.19. The van der Waals surface area contributed by atoms with Crippen LogP contribution in [-0.4, -0.2) is 4.98 Å². The van der Waals surface area contributed by atoms with Gasteiger partial charge in [0.15, 0.2) is 0 Å². The normalized spacial score (nSPS) is 10.4. The zero-order chi connectivity index (χ0) is 13.1. The molecule has 0 radical (unpaired) electrons. The Hall–Kier alpha value is -2.41. The van der Waals surface area contributed by atoms with Crippen LogP contribution >= 0.6 is 0 Å². The van der Waals surface area contributed by atoms with Gasteiger partial charge in [-0.25, -0.2) is 0 Å². The van der Waals surface area contributed by atoms with Gasteiger partial charge in [0.05, 0.1) is 5.69 Å². The summed E-state index contributed by atoms with van der Waals surface area (Å²) in [5.41, 5.74) is 5.68. The Labute approximate surface area is 113 Å². The minimum Gasteiger partial charge on any atom is -0.253 e. The molecule has 0 amide bonds. The first-order valence-corrected chi connectivity index (χ1v) is 6.42. The van der Waals surface area contributed by atoms with Crippen molar-refractivity contribution in [2.75, 3.05) is 0 Å². The standard InChI is InChI=1S/C18H15N/c1-14-7-5-12-18(19-14)17-11-6-10-16(13-17)15-8-3-2-4-9-15/h2-13H,1H3. The molecule has 2 aromatic carbocycles. The first-order valence-electron chi connectivity index (χ1n) is 6.42. The van der Waals surface area contributed by atoms with E-state index in [-0.39, 0.29) is 0 Å². The first-order chi connectivity index (χ1) is 9.33. The quantitative estimate of drug-likeness (QED) is 0.636. The highest BCUT2D eigenvalue weighted by atomic mass is 14.7. The van der Waals surface area contributed by atoms with Gasteiger partial charge in [-0.1, -0.05) is 54.6 Å². The Kier molecular flexibility index (Phi) is 3.11. The molecule has 0 saturated carbocycles. The van der Waals surface area contributed by atoms with E-state index in [1.165, 1.54) is 11.1 Å². The van der Waals surface area contributed by atoms with Gasteiger partial charge in [0, 0.05) is 11.3 Å². The second-order valence-electron chi connectivity index (χ2n) is 4.61. The molecule has 1 heteroatoms. The minimum absolute atomic E-state index is 1.03. The third-order valence-corrected chi connectivity index (χ3v) is 3.15. The van der Waals surface area contributed by atoms with Crippen molar-refractivity contribution in [2.45, 2.75) is 6.92 Å². The predicted molar refractivity (Wildman–Crippen MR) is 79.8 cm³/mol. The van der Waals surface area contributed by atoms with Gasteiger partial charge in [0.25, 0.3) is 0 Å². The maximum Gasteiger partial charge on any atom is 0.0705 e. The molecule has 0 saturated heterocycles. The van der Waals surface area contributed by atoms with E-state index >= 15 is 0 Å². The average molecular weight is 245 g/mol. The summed E-state index contributed by atoms with van der Waals surface area (Å²) in [7, 11) is 0. The number of hydrogen-bond donors (Lipinski definition) is 0. The highest BCUT2D eigenvalue weighted by molar-refractivity contribution is 5.71. The first kappa shape index (κ1) is 11.7. The molecule has 1 heterocycles. The Morgan fingerprint density at radius 2 is 1.32 bits per heavy atom. The maximum absolute atomic E-state index is 4.58. The van der Waals surface area contributed by atoms with Gasteiger partial charge in [0.2, 0.25) is 0 Å². The van der Waals surface area contributed by atoms with Crippen molar-refractivity contribution in [3.63, 3.8) is 0 Å². The molecule has 0 aliphatic carbocycles. The van der Waals surface area contributed by atoms with E-state index in [0.717, 1.165) is 17.0 Å². The second kappa shape index (κ2) is 5.07. The zero-order valence-electron chi connectivity index (χ0n) is 10.9. The Balaban J connectivity index is 2.06. The van der Waals surface area contributed by atoms with Crippen LogP contribution in [0.25, 0.3) is 22.4 Å². The van der Waals surface area contributed by atoms with E-state index in [2.05, 4.69) is 59.6 Å². The number of benzene rings is 2. The molecule has 0 atom stereocenters. The minimum atomic E-state index is 1.03. The maximum atomic E-state index is 4.58. The van der Waals surface area contributed by atoms with Crippen molar-refractivity contribution in [3.05, 3.63) is 78.5 Å². The number of nitrogens with zero attached hydrogens (tertiary/aromatic N) is 1. The SMILES string of the molecule is Cc1cccc(-c2cccc(-c3ccccc3)c2)n1. The molecule has 0 N–H and O–H groups in total. The van der Waals surface area contributed by atoms with Crippen LogP contribution in [0.2, 0.25) is 0 Å². The van der Waals surface area contributed by atoms with Crippen LogP contribution in [0.3, 0.4) is 0 Å². The van der Waals surface area contributed by atoms with Gasteiger partial charge < -0.3 is 0 Å². The van der Waals surface area contributed by atoms with E-state index in [9.17, 15) is 0 Å². The van der Waals surface area contributed by atoms with Crippen LogP contribution in [-0.2, 0) is 0 Å². The van der Waals surface area contributed by atoms with Gasteiger partial charge in [-0.05, 0) is 36.2 Å². The van der Waals surface area contributed by atoms with Gasteiger partial charge in [0.1, 0.15) is 0 Å². The van der Waals surface area contributed by atoms with E-state index in [1.54, 1.807) is 0 Å². The molecule has 92 valence electrons. The van der Waals surface area contributed by atoms with E-state index in [1.807, 2.05) is 25.1 Å². The summed E-state index contributed by atoms with van der Waals surface area (Å²) in [6, 6.07) is 25.1. The fourth-order valence-corrected chi connectivity index (χ4v) is 2.19. The average Bonchev–Trinajstić information content (AvgIpc) is 2.48. The summed E-state index contributed by atoms with van der Waals surface area (Å²) < 4.78 is 0. The summed E-state index contributed by atoms with van der Waals surface area (Å²) in [6.07, 6.45) is 0. The predicted octanol–water partition coefficient (Wildman–Crippen LogP) is 4.72. The van der Waals surface area contributed by atoms with Gasteiger partial charge >= 0.3 is 0 Å². The molecule has 3 aromatic rings. The third kappa shape index (κ3) is 2.55. The molecule has 0 spiro atoms. The number of aromatic nitrogens is 1. The second-order valence-corrected chi connectivity index (χ2v) is 4.61. The van der Waals surface area contributed by atoms with E-state index < -0.39 is 0 Å². The van der Waals surface area contributed by atoms with Gasteiger partial charge in [-0.3, -0.25) is 4.98 Å². The molecular formula is C18H15N. The lowest BCUT2D eigenvalue weighted by molar-refractivity contribution is 1.21. The summed E-state index contributed by atoms with van der Waals surface area (Å²) >= 11 is 0. The van der Waals surface area contributed by atoms with Gasteiger partial charge in [-0.15, -0.1) is 0 Å². The molecule has 0 aliphatic heterocycles.